The van der Waals surface area contributed by atoms with Crippen LogP contribution in [0.25, 0.3) is 0 Å². The first-order chi connectivity index (χ1) is 7.72. The summed E-state index contributed by atoms with van der Waals surface area (Å²) in [6.07, 6.45) is 1.18. The van der Waals surface area contributed by atoms with E-state index in [1.165, 1.54) is 6.42 Å². The first kappa shape index (κ1) is 11.6. The van der Waals surface area contributed by atoms with Crippen molar-refractivity contribution >= 4 is 17.3 Å². The van der Waals surface area contributed by atoms with Gasteiger partial charge in [0, 0.05) is 25.3 Å². The molecule has 1 aromatic carbocycles. The second-order valence-electron chi connectivity index (χ2n) is 4.08. The first-order valence-electron chi connectivity index (χ1n) is 5.49. The molecule has 0 spiro atoms. The Bertz CT molecular complexity index is 364. The molecule has 88 valence electrons. The number of hydrogen-bond acceptors (Lipinski definition) is 3. The van der Waals surface area contributed by atoms with Crippen molar-refractivity contribution in [2.45, 2.75) is 12.5 Å². The summed E-state index contributed by atoms with van der Waals surface area (Å²) >= 11 is 6.11. The smallest absolute Gasteiger partial charge is 0.137 e. The molecule has 2 rings (SSSR count). The molecule has 1 aliphatic heterocycles. The molecule has 1 heterocycles. The lowest BCUT2D eigenvalue weighted by Crippen LogP contribution is -2.33. The second-order valence-corrected chi connectivity index (χ2v) is 4.48. The maximum Gasteiger partial charge on any atom is 0.137 e. The summed E-state index contributed by atoms with van der Waals surface area (Å²) < 4.78 is 5.14. The number of rotatable bonds is 3. The summed E-state index contributed by atoms with van der Waals surface area (Å²) in [6, 6.07) is 6.47. The molecule has 1 aromatic rings. The lowest BCUT2D eigenvalue weighted by atomic mass is 10.2. The topological polar surface area (TPSA) is 24.5 Å². The third-order valence-corrected chi connectivity index (χ3v) is 3.42. The highest BCUT2D eigenvalue weighted by atomic mass is 35.5. The van der Waals surface area contributed by atoms with Crippen LogP contribution in [0.15, 0.2) is 18.2 Å². The first-order valence-corrected chi connectivity index (χ1v) is 5.87. The highest BCUT2D eigenvalue weighted by molar-refractivity contribution is 6.32. The number of likely N-dealkylation sites (N-methyl/N-ethyl adjacent to an activating group) is 1. The van der Waals surface area contributed by atoms with Gasteiger partial charge in [-0.2, -0.15) is 0 Å². The molecule has 0 radical (unpaired) electrons. The Hall–Kier alpha value is -0.930. The summed E-state index contributed by atoms with van der Waals surface area (Å²) in [5, 5.41) is 4.03. The predicted molar refractivity (Wildman–Crippen MR) is 67.7 cm³/mol. The van der Waals surface area contributed by atoms with Gasteiger partial charge < -0.3 is 15.0 Å². The maximum atomic E-state index is 6.11. The second kappa shape index (κ2) is 4.93. The van der Waals surface area contributed by atoms with Gasteiger partial charge in [0.1, 0.15) is 5.75 Å². The summed E-state index contributed by atoms with van der Waals surface area (Å²) in [5.41, 5.74) is 1.14. The maximum absolute atomic E-state index is 6.11. The van der Waals surface area contributed by atoms with E-state index in [-0.39, 0.29) is 0 Å². The minimum Gasteiger partial charge on any atom is -0.495 e. The zero-order valence-corrected chi connectivity index (χ0v) is 10.4. The van der Waals surface area contributed by atoms with E-state index in [4.69, 9.17) is 16.3 Å². The Morgan fingerprint density at radius 1 is 1.50 bits per heavy atom. The summed E-state index contributed by atoms with van der Waals surface area (Å²) in [6.45, 7) is 2.14. The number of nitrogens with zero attached hydrogens (tertiary/aromatic N) is 1. The molecule has 0 amide bonds. The van der Waals surface area contributed by atoms with E-state index < -0.39 is 0 Å². The van der Waals surface area contributed by atoms with Crippen LogP contribution in [0.4, 0.5) is 5.69 Å². The Kier molecular flexibility index (Phi) is 3.56. The Morgan fingerprint density at radius 2 is 2.31 bits per heavy atom. The Labute approximate surface area is 101 Å². The van der Waals surface area contributed by atoms with Gasteiger partial charge in [0.2, 0.25) is 0 Å². The van der Waals surface area contributed by atoms with Crippen LogP contribution >= 0.6 is 11.6 Å². The monoisotopic (exact) mass is 240 g/mol. The van der Waals surface area contributed by atoms with E-state index in [0.717, 1.165) is 24.5 Å². The molecule has 0 saturated carbocycles. The highest BCUT2D eigenvalue weighted by Crippen LogP contribution is 2.29. The molecule has 3 nitrogen and oxygen atoms in total. The molecular weight excluding hydrogens is 224 g/mol. The number of anilines is 1. The summed E-state index contributed by atoms with van der Waals surface area (Å²) in [4.78, 5) is 2.27. The number of benzene rings is 1. The Morgan fingerprint density at radius 3 is 2.88 bits per heavy atom. The van der Waals surface area contributed by atoms with Crippen molar-refractivity contribution in [2.24, 2.45) is 0 Å². The van der Waals surface area contributed by atoms with Crippen LogP contribution in [0.2, 0.25) is 5.02 Å². The number of ether oxygens (including phenoxy) is 1. The molecule has 0 aromatic heterocycles. The standard InChI is InChI=1S/C12H17ClN2O/c1-15(10-5-6-14-8-10)9-3-4-12(16-2)11(13)7-9/h3-4,7,10,14H,5-6,8H2,1-2H3. The third-order valence-electron chi connectivity index (χ3n) is 3.12. The number of halogens is 1. The molecule has 0 aliphatic carbocycles. The fourth-order valence-corrected chi connectivity index (χ4v) is 2.31. The van der Waals surface area contributed by atoms with Crippen LogP contribution in [0, 0.1) is 0 Å². The van der Waals surface area contributed by atoms with Crippen molar-refractivity contribution < 1.29 is 4.74 Å². The SMILES string of the molecule is COc1ccc(N(C)C2CCNC2)cc1Cl. The van der Waals surface area contributed by atoms with E-state index in [0.29, 0.717) is 11.1 Å². The largest absolute Gasteiger partial charge is 0.495 e. The normalized spacial score (nSPS) is 19.8. The summed E-state index contributed by atoms with van der Waals surface area (Å²) in [5.74, 6) is 0.725. The van der Waals surface area contributed by atoms with E-state index in [2.05, 4.69) is 17.3 Å². The molecule has 1 atom stereocenters. The molecule has 1 fully saturated rings. The molecule has 16 heavy (non-hydrogen) atoms. The van der Waals surface area contributed by atoms with Crippen LogP contribution < -0.4 is 15.0 Å². The minimum atomic E-state index is 0.560. The highest BCUT2D eigenvalue weighted by Gasteiger charge is 2.19. The number of nitrogens with one attached hydrogen (secondary N) is 1. The lowest BCUT2D eigenvalue weighted by Gasteiger charge is -2.26. The van der Waals surface area contributed by atoms with Crippen molar-refractivity contribution in [1.82, 2.24) is 5.32 Å². The van der Waals surface area contributed by atoms with E-state index in [1.54, 1.807) is 7.11 Å². The van der Waals surface area contributed by atoms with Gasteiger partial charge in [0.15, 0.2) is 0 Å². The number of methoxy groups -OCH3 is 1. The van der Waals surface area contributed by atoms with Crippen molar-refractivity contribution in [3.8, 4) is 5.75 Å². The number of hydrogen-bond donors (Lipinski definition) is 1. The van der Waals surface area contributed by atoms with E-state index in [9.17, 15) is 0 Å². The summed E-state index contributed by atoms with van der Waals surface area (Å²) in [7, 11) is 3.74. The van der Waals surface area contributed by atoms with Crippen LogP contribution in [0.5, 0.6) is 5.75 Å². The Balaban J connectivity index is 2.16. The molecule has 1 N–H and O–H groups in total. The molecule has 4 heteroatoms. The molecule has 0 bridgehead atoms. The molecule has 1 aliphatic rings. The zero-order valence-electron chi connectivity index (χ0n) is 9.66. The van der Waals surface area contributed by atoms with Gasteiger partial charge in [0.25, 0.3) is 0 Å². The van der Waals surface area contributed by atoms with Gasteiger partial charge in [-0.15, -0.1) is 0 Å². The van der Waals surface area contributed by atoms with Crippen molar-refractivity contribution in [1.29, 1.82) is 0 Å². The van der Waals surface area contributed by atoms with E-state index in [1.807, 2.05) is 18.2 Å². The average molecular weight is 241 g/mol. The van der Waals surface area contributed by atoms with Gasteiger partial charge in [-0.05, 0) is 31.2 Å². The van der Waals surface area contributed by atoms with Gasteiger partial charge in [-0.1, -0.05) is 11.6 Å². The fourth-order valence-electron chi connectivity index (χ4n) is 2.06. The van der Waals surface area contributed by atoms with Crippen LogP contribution in [0.1, 0.15) is 6.42 Å². The quantitative estimate of drug-likeness (QED) is 0.876. The van der Waals surface area contributed by atoms with Gasteiger partial charge in [-0.3, -0.25) is 0 Å². The van der Waals surface area contributed by atoms with Crippen LogP contribution in [-0.2, 0) is 0 Å². The van der Waals surface area contributed by atoms with Crippen LogP contribution in [-0.4, -0.2) is 33.3 Å². The molecule has 1 saturated heterocycles. The predicted octanol–water partition coefficient (Wildman–Crippen LogP) is 2.15. The zero-order chi connectivity index (χ0) is 11.5. The van der Waals surface area contributed by atoms with Crippen molar-refractivity contribution in [2.75, 3.05) is 32.1 Å². The van der Waals surface area contributed by atoms with Gasteiger partial charge in [-0.25, -0.2) is 0 Å². The van der Waals surface area contributed by atoms with Crippen molar-refractivity contribution in [3.05, 3.63) is 23.2 Å². The third kappa shape index (κ3) is 2.25. The minimum absolute atomic E-state index is 0.560. The average Bonchev–Trinajstić information content (AvgIpc) is 2.81. The van der Waals surface area contributed by atoms with Gasteiger partial charge in [0.05, 0.1) is 12.1 Å². The van der Waals surface area contributed by atoms with E-state index >= 15 is 0 Å². The molecular formula is C12H17ClN2O. The van der Waals surface area contributed by atoms with Gasteiger partial charge >= 0.3 is 0 Å². The van der Waals surface area contributed by atoms with Crippen LogP contribution in [0.3, 0.4) is 0 Å². The lowest BCUT2D eigenvalue weighted by molar-refractivity contribution is 0.415. The van der Waals surface area contributed by atoms with Crippen molar-refractivity contribution in [3.63, 3.8) is 0 Å². The fraction of sp³-hybridized carbons (Fsp3) is 0.500. The molecule has 1 unspecified atom stereocenters.